The van der Waals surface area contributed by atoms with Gasteiger partial charge in [-0.05, 0) is 98.2 Å². The van der Waals surface area contributed by atoms with Crippen LogP contribution in [0.2, 0.25) is 0 Å². The maximum Gasteiger partial charge on any atom is 0.0577 e. The molecule has 3 fully saturated rings. The van der Waals surface area contributed by atoms with Crippen molar-refractivity contribution in [1.82, 2.24) is 0 Å². The average molecular weight is 388 g/mol. The molecular formula is C26H45NO. The molecular weight excluding hydrogens is 342 g/mol. The van der Waals surface area contributed by atoms with Crippen molar-refractivity contribution < 1.29 is 5.11 Å². The average Bonchev–Trinajstić information content (AvgIpc) is 2.99. The number of fused-ring (bicyclic) bond motifs is 5. The Morgan fingerprint density at radius 1 is 1.07 bits per heavy atom. The number of allylic oxidation sites excluding steroid dienone is 1. The van der Waals surface area contributed by atoms with Crippen molar-refractivity contribution in [2.45, 2.75) is 110 Å². The summed E-state index contributed by atoms with van der Waals surface area (Å²) < 4.78 is 0. The fourth-order valence-electron chi connectivity index (χ4n) is 8.35. The van der Waals surface area contributed by atoms with Crippen molar-refractivity contribution in [2.24, 2.45) is 46.2 Å². The van der Waals surface area contributed by atoms with E-state index in [1.54, 1.807) is 5.57 Å². The largest absolute Gasteiger partial charge is 0.393 e. The van der Waals surface area contributed by atoms with Gasteiger partial charge in [0.2, 0.25) is 0 Å². The van der Waals surface area contributed by atoms with Crippen molar-refractivity contribution in [1.29, 1.82) is 0 Å². The number of nitrogens with two attached hydrogens (primary N) is 1. The molecule has 8 unspecified atom stereocenters. The lowest BCUT2D eigenvalue weighted by molar-refractivity contribution is -0.0531. The molecule has 2 nitrogen and oxygen atoms in total. The Bertz CT molecular complexity index is 597. The zero-order chi connectivity index (χ0) is 20.1. The normalized spacial score (nSPS) is 46.5. The second-order valence-electron chi connectivity index (χ2n) is 11.9. The Hall–Kier alpha value is -0.340. The second kappa shape index (κ2) is 7.73. The van der Waals surface area contributed by atoms with Crippen LogP contribution in [0.15, 0.2) is 11.6 Å². The van der Waals surface area contributed by atoms with E-state index in [1.165, 1.54) is 57.8 Å². The molecule has 0 heterocycles. The van der Waals surface area contributed by atoms with Gasteiger partial charge in [0.15, 0.2) is 0 Å². The molecule has 4 aliphatic rings. The molecule has 3 N–H and O–H groups in total. The highest BCUT2D eigenvalue weighted by Crippen LogP contribution is 2.66. The van der Waals surface area contributed by atoms with E-state index >= 15 is 0 Å². The van der Waals surface area contributed by atoms with Crippen LogP contribution in [0.4, 0.5) is 0 Å². The van der Waals surface area contributed by atoms with E-state index in [-0.39, 0.29) is 6.10 Å². The van der Waals surface area contributed by atoms with Gasteiger partial charge in [-0.1, -0.05) is 52.2 Å². The van der Waals surface area contributed by atoms with Crippen molar-refractivity contribution in [3.05, 3.63) is 11.6 Å². The molecule has 0 radical (unpaired) electrons. The third-order valence-corrected chi connectivity index (χ3v) is 9.99. The summed E-state index contributed by atoms with van der Waals surface area (Å²) >= 11 is 0. The molecule has 0 saturated heterocycles. The van der Waals surface area contributed by atoms with E-state index < -0.39 is 0 Å². The molecule has 0 amide bonds. The van der Waals surface area contributed by atoms with Crippen LogP contribution < -0.4 is 5.73 Å². The Balaban J connectivity index is 1.49. The minimum Gasteiger partial charge on any atom is -0.393 e. The quantitative estimate of drug-likeness (QED) is 0.562. The Morgan fingerprint density at radius 2 is 1.86 bits per heavy atom. The van der Waals surface area contributed by atoms with Gasteiger partial charge in [0.25, 0.3) is 0 Å². The van der Waals surface area contributed by atoms with Crippen molar-refractivity contribution in [3.63, 3.8) is 0 Å². The van der Waals surface area contributed by atoms with E-state index in [1.807, 2.05) is 0 Å². The predicted octanol–water partition coefficient (Wildman–Crippen LogP) is 6.08. The molecule has 0 bridgehead atoms. The zero-order valence-electron chi connectivity index (χ0n) is 18.9. The summed E-state index contributed by atoms with van der Waals surface area (Å²) in [6.45, 7) is 9.80. The van der Waals surface area contributed by atoms with Gasteiger partial charge in [-0.3, -0.25) is 0 Å². The number of hydrogen-bond acceptors (Lipinski definition) is 2. The topological polar surface area (TPSA) is 46.2 Å². The molecule has 0 aromatic carbocycles. The molecule has 28 heavy (non-hydrogen) atoms. The third kappa shape index (κ3) is 3.41. The van der Waals surface area contributed by atoms with Crippen LogP contribution in [-0.2, 0) is 0 Å². The molecule has 0 spiro atoms. The summed E-state index contributed by atoms with van der Waals surface area (Å²) in [5.74, 6) is 4.10. The first-order valence-corrected chi connectivity index (χ1v) is 12.4. The molecule has 3 saturated carbocycles. The number of aliphatic hydroxyl groups excluding tert-OH is 1. The summed E-state index contributed by atoms with van der Waals surface area (Å²) in [4.78, 5) is 0. The van der Waals surface area contributed by atoms with Crippen LogP contribution in [0.1, 0.15) is 98.3 Å². The van der Waals surface area contributed by atoms with Gasteiger partial charge in [0, 0.05) is 6.04 Å². The lowest BCUT2D eigenvalue weighted by Gasteiger charge is -2.58. The lowest BCUT2D eigenvalue weighted by atomic mass is 9.47. The molecule has 2 heteroatoms. The first kappa shape index (κ1) is 20.9. The second-order valence-corrected chi connectivity index (χ2v) is 11.9. The van der Waals surface area contributed by atoms with E-state index in [2.05, 4.69) is 33.8 Å². The summed E-state index contributed by atoms with van der Waals surface area (Å²) in [6, 6.07) is 0.403. The molecule has 0 aromatic heterocycles. The van der Waals surface area contributed by atoms with E-state index in [9.17, 15) is 5.11 Å². The number of rotatable bonds is 5. The van der Waals surface area contributed by atoms with E-state index in [0.717, 1.165) is 42.4 Å². The number of hydrogen-bond donors (Lipinski definition) is 2. The zero-order valence-corrected chi connectivity index (χ0v) is 18.9. The molecule has 4 rings (SSSR count). The van der Waals surface area contributed by atoms with Gasteiger partial charge in [-0.2, -0.15) is 0 Å². The lowest BCUT2D eigenvalue weighted by Crippen LogP contribution is -2.52. The van der Waals surface area contributed by atoms with E-state index in [0.29, 0.717) is 16.9 Å². The van der Waals surface area contributed by atoms with Crippen LogP contribution in [0.25, 0.3) is 0 Å². The van der Waals surface area contributed by atoms with Crippen molar-refractivity contribution in [3.8, 4) is 0 Å². The first-order chi connectivity index (χ1) is 13.3. The highest BCUT2D eigenvalue weighted by molar-refractivity contribution is 5.25. The summed E-state index contributed by atoms with van der Waals surface area (Å²) in [5, 5.41) is 10.2. The van der Waals surface area contributed by atoms with Crippen LogP contribution in [-0.4, -0.2) is 17.3 Å². The van der Waals surface area contributed by atoms with Crippen LogP contribution in [0.5, 0.6) is 0 Å². The molecule has 8 atom stereocenters. The van der Waals surface area contributed by atoms with E-state index in [4.69, 9.17) is 5.73 Å². The summed E-state index contributed by atoms with van der Waals surface area (Å²) in [7, 11) is 0. The SMILES string of the molecule is CC(C)CCCC(N)C1CCC2C3CC=C4CC(O)CCC4(C)C3CCC12C. The minimum absolute atomic E-state index is 0.0931. The summed E-state index contributed by atoms with van der Waals surface area (Å²) in [6.07, 6.45) is 16.2. The van der Waals surface area contributed by atoms with Crippen LogP contribution in [0, 0.1) is 40.4 Å². The fourth-order valence-corrected chi connectivity index (χ4v) is 8.35. The van der Waals surface area contributed by atoms with Gasteiger partial charge in [-0.15, -0.1) is 0 Å². The van der Waals surface area contributed by atoms with Gasteiger partial charge in [-0.25, -0.2) is 0 Å². The van der Waals surface area contributed by atoms with Gasteiger partial charge >= 0.3 is 0 Å². The van der Waals surface area contributed by atoms with Gasteiger partial charge < -0.3 is 10.8 Å². The molecule has 4 aliphatic carbocycles. The smallest absolute Gasteiger partial charge is 0.0577 e. The van der Waals surface area contributed by atoms with Crippen LogP contribution in [0.3, 0.4) is 0 Å². The standard InChI is InChI=1S/C26H45NO/c1-17(2)6-5-7-24(27)23-11-10-21-20-9-8-18-16-19(28)12-14-25(18,3)22(20)13-15-26(21,23)4/h8,17,19-24,28H,5-7,9-16,27H2,1-4H3. The Labute approximate surface area is 173 Å². The number of aliphatic hydroxyl groups is 1. The fraction of sp³-hybridized carbons (Fsp3) is 0.923. The van der Waals surface area contributed by atoms with Crippen LogP contribution >= 0.6 is 0 Å². The molecule has 160 valence electrons. The van der Waals surface area contributed by atoms with Crippen molar-refractivity contribution in [2.75, 3.05) is 0 Å². The van der Waals surface area contributed by atoms with Crippen molar-refractivity contribution >= 4 is 0 Å². The maximum atomic E-state index is 10.2. The van der Waals surface area contributed by atoms with Gasteiger partial charge in [0.05, 0.1) is 6.10 Å². The Morgan fingerprint density at radius 3 is 2.61 bits per heavy atom. The highest BCUT2D eigenvalue weighted by atomic mass is 16.3. The molecule has 0 aromatic rings. The highest BCUT2D eigenvalue weighted by Gasteiger charge is 2.59. The maximum absolute atomic E-state index is 10.2. The summed E-state index contributed by atoms with van der Waals surface area (Å²) in [5.41, 5.74) is 9.26. The Kier molecular flexibility index (Phi) is 5.77. The predicted molar refractivity (Wildman–Crippen MR) is 118 cm³/mol. The first-order valence-electron chi connectivity index (χ1n) is 12.4. The van der Waals surface area contributed by atoms with Gasteiger partial charge in [0.1, 0.15) is 0 Å². The molecule has 0 aliphatic heterocycles. The third-order valence-electron chi connectivity index (χ3n) is 9.99. The monoisotopic (exact) mass is 387 g/mol. The minimum atomic E-state index is -0.0931.